The van der Waals surface area contributed by atoms with E-state index in [4.69, 9.17) is 13.9 Å². The first-order valence-electron chi connectivity index (χ1n) is 9.08. The van der Waals surface area contributed by atoms with E-state index in [2.05, 4.69) is 21.9 Å². The minimum atomic E-state index is 0.883. The molecule has 0 bridgehead atoms. The van der Waals surface area contributed by atoms with Crippen molar-refractivity contribution in [3.63, 3.8) is 0 Å². The summed E-state index contributed by atoms with van der Waals surface area (Å²) in [5.74, 6) is 2.28. The first-order valence-corrected chi connectivity index (χ1v) is 9.08. The lowest BCUT2D eigenvalue weighted by Crippen LogP contribution is -2.36. The van der Waals surface area contributed by atoms with Crippen molar-refractivity contribution in [2.45, 2.75) is 25.7 Å². The maximum absolute atomic E-state index is 5.98. The van der Waals surface area contributed by atoms with Gasteiger partial charge in [0.15, 0.2) is 0 Å². The van der Waals surface area contributed by atoms with E-state index in [0.29, 0.717) is 0 Å². The van der Waals surface area contributed by atoms with Gasteiger partial charge in [-0.2, -0.15) is 0 Å². The lowest BCUT2D eigenvalue weighted by Gasteiger charge is -2.26. The summed E-state index contributed by atoms with van der Waals surface area (Å²) >= 11 is 0. The van der Waals surface area contributed by atoms with Crippen molar-refractivity contribution in [3.8, 4) is 0 Å². The number of hydrogen-bond acceptors (Lipinski definition) is 5. The number of aryl methyl sites for hydroxylation is 2. The lowest BCUT2D eigenvalue weighted by molar-refractivity contribution is 0.0372. The van der Waals surface area contributed by atoms with Crippen LogP contribution < -0.4 is 0 Å². The summed E-state index contributed by atoms with van der Waals surface area (Å²) in [5.41, 5.74) is 0. The Morgan fingerprint density at radius 3 is 1.57 bits per heavy atom. The minimum absolute atomic E-state index is 0.883. The maximum atomic E-state index is 5.98. The quantitative estimate of drug-likeness (QED) is 0.730. The van der Waals surface area contributed by atoms with Crippen LogP contribution in [0.2, 0.25) is 0 Å². The molecule has 5 heteroatoms. The molecule has 3 heterocycles. The minimum Gasteiger partial charge on any atom is -0.466 e. The van der Waals surface area contributed by atoms with Gasteiger partial charge in [0.25, 0.3) is 0 Å². The molecule has 1 aromatic heterocycles. The van der Waals surface area contributed by atoms with Crippen LogP contribution in [0.4, 0.5) is 0 Å². The van der Waals surface area contributed by atoms with Gasteiger partial charge in [0.2, 0.25) is 0 Å². The van der Waals surface area contributed by atoms with E-state index in [1.54, 1.807) is 0 Å². The zero-order valence-corrected chi connectivity index (χ0v) is 14.2. The molecule has 2 fully saturated rings. The second-order valence-corrected chi connectivity index (χ2v) is 6.48. The molecule has 2 aliphatic heterocycles. The second kappa shape index (κ2) is 9.42. The number of ether oxygens (including phenoxy) is 2. The molecule has 0 aromatic carbocycles. The van der Waals surface area contributed by atoms with Crippen LogP contribution >= 0.6 is 0 Å². The molecule has 23 heavy (non-hydrogen) atoms. The lowest BCUT2D eigenvalue weighted by atomic mass is 10.2. The smallest absolute Gasteiger partial charge is 0.104 e. The van der Waals surface area contributed by atoms with Crippen LogP contribution in [0.5, 0.6) is 0 Å². The Morgan fingerprint density at radius 2 is 1.13 bits per heavy atom. The predicted molar refractivity (Wildman–Crippen MR) is 89.9 cm³/mol. The first kappa shape index (κ1) is 17.0. The van der Waals surface area contributed by atoms with Gasteiger partial charge in [0.1, 0.15) is 11.5 Å². The molecule has 0 saturated carbocycles. The fraction of sp³-hybridized carbons (Fsp3) is 0.778. The molecule has 0 unspecified atom stereocenters. The third-order valence-corrected chi connectivity index (χ3v) is 4.72. The average molecular weight is 322 g/mol. The normalized spacial score (nSPS) is 20.9. The summed E-state index contributed by atoms with van der Waals surface area (Å²) in [4.78, 5) is 4.96. The summed E-state index contributed by atoms with van der Waals surface area (Å²) in [7, 11) is 0. The van der Waals surface area contributed by atoms with Crippen LogP contribution in [-0.2, 0) is 22.3 Å². The van der Waals surface area contributed by atoms with E-state index in [9.17, 15) is 0 Å². The topological polar surface area (TPSA) is 38.1 Å². The molecule has 0 spiro atoms. The Bertz CT molecular complexity index is 399. The monoisotopic (exact) mass is 322 g/mol. The third-order valence-electron chi connectivity index (χ3n) is 4.72. The fourth-order valence-corrected chi connectivity index (χ4v) is 3.29. The number of furan rings is 1. The molecule has 5 nitrogen and oxygen atoms in total. The van der Waals surface area contributed by atoms with E-state index in [-0.39, 0.29) is 0 Å². The van der Waals surface area contributed by atoms with Gasteiger partial charge in [-0.05, 0) is 38.1 Å². The number of nitrogens with zero attached hydrogens (tertiary/aromatic N) is 2. The van der Waals surface area contributed by atoms with Gasteiger partial charge in [-0.1, -0.05) is 0 Å². The molecule has 0 radical (unpaired) electrons. The van der Waals surface area contributed by atoms with Crippen LogP contribution in [0.15, 0.2) is 16.5 Å². The van der Waals surface area contributed by atoms with E-state index in [1.807, 2.05) is 0 Å². The van der Waals surface area contributed by atoms with Gasteiger partial charge in [-0.15, -0.1) is 0 Å². The van der Waals surface area contributed by atoms with Crippen LogP contribution in [0.1, 0.15) is 24.4 Å². The molecular weight excluding hydrogens is 292 g/mol. The molecule has 3 rings (SSSR count). The zero-order valence-electron chi connectivity index (χ0n) is 14.2. The molecule has 0 aliphatic carbocycles. The van der Waals surface area contributed by atoms with Gasteiger partial charge in [0, 0.05) is 39.0 Å². The van der Waals surface area contributed by atoms with Crippen molar-refractivity contribution >= 4 is 0 Å². The second-order valence-electron chi connectivity index (χ2n) is 6.48. The predicted octanol–water partition coefficient (Wildman–Crippen LogP) is 1.81. The highest BCUT2D eigenvalue weighted by Crippen LogP contribution is 2.13. The van der Waals surface area contributed by atoms with E-state index >= 15 is 0 Å². The van der Waals surface area contributed by atoms with Crippen molar-refractivity contribution < 1.29 is 13.9 Å². The van der Waals surface area contributed by atoms with E-state index in [0.717, 1.165) is 90.1 Å². The molecular formula is C18H30N2O3. The Kier molecular flexibility index (Phi) is 6.95. The van der Waals surface area contributed by atoms with Crippen molar-refractivity contribution in [3.05, 3.63) is 23.7 Å². The Morgan fingerprint density at radius 1 is 0.696 bits per heavy atom. The van der Waals surface area contributed by atoms with Crippen LogP contribution in [0, 0.1) is 0 Å². The van der Waals surface area contributed by atoms with Gasteiger partial charge >= 0.3 is 0 Å². The average Bonchev–Trinajstić information content (AvgIpc) is 3.05. The SMILES string of the molecule is c1cc(CCCN2CCOCC2)oc1CCCN1CCOCC1. The van der Waals surface area contributed by atoms with Crippen LogP contribution in [-0.4, -0.2) is 75.5 Å². The highest BCUT2D eigenvalue weighted by Gasteiger charge is 2.11. The molecule has 0 atom stereocenters. The van der Waals surface area contributed by atoms with Gasteiger partial charge in [0.05, 0.1) is 26.4 Å². The fourth-order valence-electron chi connectivity index (χ4n) is 3.29. The largest absolute Gasteiger partial charge is 0.466 e. The summed E-state index contributed by atoms with van der Waals surface area (Å²) in [6, 6.07) is 4.31. The van der Waals surface area contributed by atoms with E-state index < -0.39 is 0 Å². The molecule has 2 saturated heterocycles. The Labute approximate surface area is 139 Å². The standard InChI is InChI=1S/C18H30N2O3/c1(7-19-9-13-21-14-10-19)3-17-5-6-18(23-17)4-2-8-20-11-15-22-16-12-20/h5-6H,1-4,7-16H2. The summed E-state index contributed by atoms with van der Waals surface area (Å²) in [6.07, 6.45) is 4.42. The van der Waals surface area contributed by atoms with Crippen molar-refractivity contribution in [1.82, 2.24) is 9.80 Å². The summed E-state index contributed by atoms with van der Waals surface area (Å²) in [5, 5.41) is 0. The first-order chi connectivity index (χ1) is 11.4. The number of morpholine rings is 2. The summed E-state index contributed by atoms with van der Waals surface area (Å²) < 4.78 is 16.7. The zero-order chi connectivity index (χ0) is 15.7. The van der Waals surface area contributed by atoms with Gasteiger partial charge in [-0.25, -0.2) is 0 Å². The van der Waals surface area contributed by atoms with E-state index in [1.165, 1.54) is 12.8 Å². The van der Waals surface area contributed by atoms with Crippen molar-refractivity contribution in [2.24, 2.45) is 0 Å². The molecule has 0 N–H and O–H groups in total. The van der Waals surface area contributed by atoms with Crippen LogP contribution in [0.25, 0.3) is 0 Å². The van der Waals surface area contributed by atoms with Crippen molar-refractivity contribution in [2.75, 3.05) is 65.7 Å². The highest BCUT2D eigenvalue weighted by molar-refractivity contribution is 5.07. The molecule has 2 aliphatic rings. The van der Waals surface area contributed by atoms with Gasteiger partial charge in [-0.3, -0.25) is 9.80 Å². The number of hydrogen-bond donors (Lipinski definition) is 0. The maximum Gasteiger partial charge on any atom is 0.104 e. The van der Waals surface area contributed by atoms with Gasteiger partial charge < -0.3 is 13.9 Å². The Hall–Kier alpha value is -0.880. The Balaban J connectivity index is 1.29. The summed E-state index contributed by atoms with van der Waals surface area (Å²) in [6.45, 7) is 10.1. The molecule has 130 valence electrons. The van der Waals surface area contributed by atoms with Crippen molar-refractivity contribution in [1.29, 1.82) is 0 Å². The third kappa shape index (κ3) is 5.92. The molecule has 1 aromatic rings. The molecule has 0 amide bonds. The highest BCUT2D eigenvalue weighted by atomic mass is 16.5. The number of rotatable bonds is 8. The van der Waals surface area contributed by atoms with Crippen LogP contribution in [0.3, 0.4) is 0 Å².